The molecule has 0 amide bonds. The van der Waals surface area contributed by atoms with Crippen molar-refractivity contribution in [1.82, 2.24) is 10.2 Å². The molecule has 1 aliphatic carbocycles. The van der Waals surface area contributed by atoms with E-state index in [1.807, 2.05) is 0 Å². The Balaban J connectivity index is 2.74. The Morgan fingerprint density at radius 3 is 2.39 bits per heavy atom. The molecule has 4 unspecified atom stereocenters. The Kier molecular flexibility index (Phi) is 5.67. The Bertz CT molecular complexity index is 244. The lowest BCUT2D eigenvalue weighted by Crippen LogP contribution is -2.56. The van der Waals surface area contributed by atoms with Gasteiger partial charge in [-0.3, -0.25) is 4.90 Å². The molecule has 1 rings (SSSR count). The van der Waals surface area contributed by atoms with Crippen LogP contribution in [0.15, 0.2) is 0 Å². The van der Waals surface area contributed by atoms with Gasteiger partial charge in [-0.25, -0.2) is 0 Å². The molecule has 2 heteroatoms. The van der Waals surface area contributed by atoms with Gasteiger partial charge >= 0.3 is 0 Å². The number of rotatable bonds is 4. The van der Waals surface area contributed by atoms with Crippen LogP contribution in [-0.2, 0) is 0 Å². The van der Waals surface area contributed by atoms with Crippen molar-refractivity contribution >= 4 is 0 Å². The van der Waals surface area contributed by atoms with Crippen molar-refractivity contribution in [2.75, 3.05) is 13.6 Å². The van der Waals surface area contributed by atoms with Gasteiger partial charge in [-0.1, -0.05) is 34.6 Å². The Labute approximate surface area is 115 Å². The molecule has 1 aliphatic rings. The fourth-order valence-electron chi connectivity index (χ4n) is 3.20. The lowest BCUT2D eigenvalue weighted by atomic mass is 9.79. The lowest BCUT2D eigenvalue weighted by molar-refractivity contribution is 0.0474. The highest BCUT2D eigenvalue weighted by Crippen LogP contribution is 2.32. The van der Waals surface area contributed by atoms with Crippen LogP contribution in [0.5, 0.6) is 0 Å². The molecule has 1 fully saturated rings. The van der Waals surface area contributed by atoms with Crippen LogP contribution in [0.3, 0.4) is 0 Å². The molecule has 0 aromatic rings. The summed E-state index contributed by atoms with van der Waals surface area (Å²) in [4.78, 5) is 2.63. The van der Waals surface area contributed by atoms with Crippen LogP contribution < -0.4 is 5.32 Å². The zero-order valence-electron chi connectivity index (χ0n) is 13.6. The molecule has 0 aromatic carbocycles. The van der Waals surface area contributed by atoms with E-state index in [0.717, 1.165) is 12.5 Å². The van der Waals surface area contributed by atoms with Crippen molar-refractivity contribution in [2.45, 2.75) is 78.9 Å². The summed E-state index contributed by atoms with van der Waals surface area (Å²) >= 11 is 0. The topological polar surface area (TPSA) is 15.3 Å². The first-order valence-corrected chi connectivity index (χ1v) is 7.72. The van der Waals surface area contributed by atoms with E-state index in [-0.39, 0.29) is 0 Å². The van der Waals surface area contributed by atoms with Crippen molar-refractivity contribution in [3.05, 3.63) is 0 Å². The van der Waals surface area contributed by atoms with Crippen molar-refractivity contribution in [3.63, 3.8) is 0 Å². The first kappa shape index (κ1) is 16.0. The third-order valence-electron chi connectivity index (χ3n) is 4.93. The molecule has 0 heterocycles. The quantitative estimate of drug-likeness (QED) is 0.826. The second-order valence-electron chi connectivity index (χ2n) is 7.36. The van der Waals surface area contributed by atoms with E-state index in [2.05, 4.69) is 58.8 Å². The van der Waals surface area contributed by atoms with Gasteiger partial charge in [-0.15, -0.1) is 0 Å². The number of hydrogen-bond donors (Lipinski definition) is 1. The third-order valence-corrected chi connectivity index (χ3v) is 4.93. The second kappa shape index (κ2) is 6.38. The molecule has 108 valence electrons. The Morgan fingerprint density at radius 1 is 1.28 bits per heavy atom. The first-order chi connectivity index (χ1) is 8.27. The van der Waals surface area contributed by atoms with Gasteiger partial charge in [0, 0.05) is 18.1 Å². The Morgan fingerprint density at radius 2 is 1.89 bits per heavy atom. The average molecular weight is 254 g/mol. The monoisotopic (exact) mass is 254 g/mol. The normalized spacial score (nSPS) is 31.7. The predicted octanol–water partition coefficient (Wildman–Crippen LogP) is 3.52. The van der Waals surface area contributed by atoms with Gasteiger partial charge in [0.1, 0.15) is 0 Å². The number of nitrogens with zero attached hydrogens (tertiary/aromatic N) is 1. The molecular formula is C16H34N2. The minimum Gasteiger partial charge on any atom is -0.313 e. The third kappa shape index (κ3) is 3.96. The van der Waals surface area contributed by atoms with Crippen LogP contribution in [0.25, 0.3) is 0 Å². The largest absolute Gasteiger partial charge is 0.313 e. The fourth-order valence-corrected chi connectivity index (χ4v) is 3.20. The highest BCUT2D eigenvalue weighted by molar-refractivity contribution is 4.92. The smallest absolute Gasteiger partial charge is 0.0251 e. The number of hydrogen-bond acceptors (Lipinski definition) is 2. The maximum Gasteiger partial charge on any atom is 0.0251 e. The summed E-state index contributed by atoms with van der Waals surface area (Å²) in [6, 6.07) is 2.00. The maximum atomic E-state index is 3.70. The highest BCUT2D eigenvalue weighted by Gasteiger charge is 2.35. The minimum atomic E-state index is 0.353. The van der Waals surface area contributed by atoms with Gasteiger partial charge in [0.2, 0.25) is 0 Å². The molecular weight excluding hydrogens is 220 g/mol. The number of likely N-dealkylation sites (N-methyl/N-ethyl adjacent to an activating group) is 2. The molecule has 1 saturated carbocycles. The van der Waals surface area contributed by atoms with Crippen molar-refractivity contribution in [3.8, 4) is 0 Å². The summed E-state index contributed by atoms with van der Waals surface area (Å²) in [5.74, 6) is 0.875. The van der Waals surface area contributed by atoms with Gasteiger partial charge in [0.25, 0.3) is 0 Å². The molecule has 1 N–H and O–H groups in total. The van der Waals surface area contributed by atoms with Crippen LogP contribution >= 0.6 is 0 Å². The SMILES string of the molecule is CCNC1CCC(C)CC1N(C)C(C)C(C)(C)C. The average Bonchev–Trinajstić information content (AvgIpc) is 2.28. The zero-order chi connectivity index (χ0) is 13.9. The molecule has 0 radical (unpaired) electrons. The molecule has 0 bridgehead atoms. The van der Waals surface area contributed by atoms with Crippen molar-refractivity contribution in [2.24, 2.45) is 11.3 Å². The van der Waals surface area contributed by atoms with E-state index in [0.29, 0.717) is 23.5 Å². The zero-order valence-corrected chi connectivity index (χ0v) is 13.6. The molecule has 0 aliphatic heterocycles. The summed E-state index contributed by atoms with van der Waals surface area (Å²) < 4.78 is 0. The standard InChI is InChI=1S/C16H34N2/c1-8-17-14-10-9-12(2)11-15(14)18(7)13(3)16(4,5)6/h12-15,17H,8-11H2,1-7H3. The summed E-state index contributed by atoms with van der Waals surface area (Å²) in [7, 11) is 2.32. The van der Waals surface area contributed by atoms with Crippen LogP contribution in [0, 0.1) is 11.3 Å². The predicted molar refractivity (Wildman–Crippen MR) is 80.9 cm³/mol. The highest BCUT2D eigenvalue weighted by atomic mass is 15.2. The van der Waals surface area contributed by atoms with Gasteiger partial charge in [-0.05, 0) is 51.1 Å². The van der Waals surface area contributed by atoms with Crippen LogP contribution in [-0.4, -0.2) is 36.6 Å². The molecule has 2 nitrogen and oxygen atoms in total. The van der Waals surface area contributed by atoms with Crippen molar-refractivity contribution in [1.29, 1.82) is 0 Å². The van der Waals surface area contributed by atoms with E-state index >= 15 is 0 Å². The van der Waals surface area contributed by atoms with Gasteiger partial charge in [-0.2, -0.15) is 0 Å². The molecule has 0 spiro atoms. The first-order valence-electron chi connectivity index (χ1n) is 7.72. The maximum absolute atomic E-state index is 3.70. The fraction of sp³-hybridized carbons (Fsp3) is 1.00. The Hall–Kier alpha value is -0.0800. The summed E-state index contributed by atoms with van der Waals surface area (Å²) in [5, 5.41) is 3.70. The summed E-state index contributed by atoms with van der Waals surface area (Å²) in [5.41, 5.74) is 0.353. The molecule has 0 aromatic heterocycles. The molecule has 18 heavy (non-hydrogen) atoms. The molecule has 0 saturated heterocycles. The van der Waals surface area contributed by atoms with E-state index in [1.54, 1.807) is 0 Å². The lowest BCUT2D eigenvalue weighted by Gasteiger charge is -2.46. The van der Waals surface area contributed by atoms with Crippen LogP contribution in [0.1, 0.15) is 60.8 Å². The number of nitrogens with one attached hydrogen (secondary N) is 1. The summed E-state index contributed by atoms with van der Waals surface area (Å²) in [6.07, 6.45) is 4.06. The van der Waals surface area contributed by atoms with Gasteiger partial charge < -0.3 is 5.32 Å². The second-order valence-corrected chi connectivity index (χ2v) is 7.36. The summed E-state index contributed by atoms with van der Waals surface area (Å²) in [6.45, 7) is 15.1. The van der Waals surface area contributed by atoms with E-state index in [4.69, 9.17) is 0 Å². The van der Waals surface area contributed by atoms with E-state index in [1.165, 1.54) is 19.3 Å². The van der Waals surface area contributed by atoms with Crippen LogP contribution in [0.2, 0.25) is 0 Å². The van der Waals surface area contributed by atoms with Crippen LogP contribution in [0.4, 0.5) is 0 Å². The van der Waals surface area contributed by atoms with E-state index < -0.39 is 0 Å². The minimum absolute atomic E-state index is 0.353. The van der Waals surface area contributed by atoms with Crippen molar-refractivity contribution < 1.29 is 0 Å². The van der Waals surface area contributed by atoms with E-state index in [9.17, 15) is 0 Å². The van der Waals surface area contributed by atoms with Gasteiger partial charge in [0.15, 0.2) is 0 Å². The van der Waals surface area contributed by atoms with Gasteiger partial charge in [0.05, 0.1) is 0 Å². The molecule has 4 atom stereocenters.